The first-order valence-electron chi connectivity index (χ1n) is 6.15. The molecule has 0 radical (unpaired) electrons. The number of hydrogen-bond donors (Lipinski definition) is 1. The number of nitrogens with zero attached hydrogens (tertiary/aromatic N) is 1. The molecule has 0 aliphatic carbocycles. The lowest BCUT2D eigenvalue weighted by atomic mass is 10.1. The van der Waals surface area contributed by atoms with Crippen LogP contribution in [0.5, 0.6) is 0 Å². The lowest BCUT2D eigenvalue weighted by Gasteiger charge is -2.09. The molecule has 1 aromatic heterocycles. The monoisotopic (exact) mass is 307 g/mol. The van der Waals surface area contributed by atoms with E-state index in [0.717, 1.165) is 10.6 Å². The van der Waals surface area contributed by atoms with Gasteiger partial charge in [-0.1, -0.05) is 49.3 Å². The number of carboxylic acid groups (broad SMARTS) is 1. The third-order valence-corrected chi connectivity index (χ3v) is 4.15. The number of rotatable bonds is 4. The normalized spacial score (nSPS) is 10.8. The van der Waals surface area contributed by atoms with Crippen LogP contribution in [0, 0.1) is 0 Å². The third-order valence-electron chi connectivity index (χ3n) is 2.71. The van der Waals surface area contributed by atoms with Gasteiger partial charge in [-0.05, 0) is 30.2 Å². The fourth-order valence-corrected chi connectivity index (χ4v) is 2.76. The van der Waals surface area contributed by atoms with Crippen LogP contribution in [0.25, 0.3) is 0 Å². The average Bonchev–Trinajstić information content (AvgIpc) is 2.41. The number of aromatic nitrogens is 1. The summed E-state index contributed by atoms with van der Waals surface area (Å²) in [5.74, 6) is -0.782. The van der Waals surface area contributed by atoms with Crippen LogP contribution < -0.4 is 0 Å². The number of hydrogen-bond acceptors (Lipinski definition) is 3. The molecule has 104 valence electrons. The predicted molar refractivity (Wildman–Crippen MR) is 80.9 cm³/mol. The van der Waals surface area contributed by atoms with Gasteiger partial charge in [0.25, 0.3) is 0 Å². The molecule has 0 atom stereocenters. The number of aromatic carboxylic acids is 1. The molecule has 1 aromatic carbocycles. The average molecular weight is 308 g/mol. The van der Waals surface area contributed by atoms with E-state index in [2.05, 4.69) is 4.98 Å². The van der Waals surface area contributed by atoms with Crippen molar-refractivity contribution in [1.82, 2.24) is 4.98 Å². The van der Waals surface area contributed by atoms with Crippen molar-refractivity contribution in [2.45, 2.75) is 29.7 Å². The highest BCUT2D eigenvalue weighted by Gasteiger charge is 2.12. The second-order valence-electron chi connectivity index (χ2n) is 4.61. The van der Waals surface area contributed by atoms with Crippen molar-refractivity contribution in [3.63, 3.8) is 0 Å². The second kappa shape index (κ2) is 6.29. The van der Waals surface area contributed by atoms with E-state index in [1.165, 1.54) is 11.8 Å². The van der Waals surface area contributed by atoms with Gasteiger partial charge in [-0.2, -0.15) is 0 Å². The summed E-state index contributed by atoms with van der Waals surface area (Å²) in [5.41, 5.74) is 1.01. The lowest BCUT2D eigenvalue weighted by molar-refractivity contribution is 0.0696. The van der Waals surface area contributed by atoms with Crippen molar-refractivity contribution in [3.8, 4) is 0 Å². The van der Waals surface area contributed by atoms with E-state index in [9.17, 15) is 9.90 Å². The summed E-state index contributed by atoms with van der Waals surface area (Å²) in [6.45, 7) is 3.97. The molecule has 3 nitrogen and oxygen atoms in total. The molecule has 5 heteroatoms. The fraction of sp³-hybridized carbons (Fsp3) is 0.200. The van der Waals surface area contributed by atoms with Gasteiger partial charge in [0.05, 0.1) is 10.6 Å². The van der Waals surface area contributed by atoms with Crippen molar-refractivity contribution >= 4 is 29.3 Å². The van der Waals surface area contributed by atoms with Crippen molar-refractivity contribution in [1.29, 1.82) is 0 Å². The number of halogens is 1. The van der Waals surface area contributed by atoms with Gasteiger partial charge in [0.2, 0.25) is 0 Å². The van der Waals surface area contributed by atoms with Crippen molar-refractivity contribution < 1.29 is 9.90 Å². The van der Waals surface area contributed by atoms with Crippen LogP contribution in [0.2, 0.25) is 5.02 Å². The Morgan fingerprint density at radius 3 is 2.60 bits per heavy atom. The van der Waals surface area contributed by atoms with Crippen LogP contribution in [-0.2, 0) is 0 Å². The van der Waals surface area contributed by atoms with Gasteiger partial charge in [-0.15, -0.1) is 0 Å². The number of pyridine rings is 1. The van der Waals surface area contributed by atoms with Crippen LogP contribution in [0.3, 0.4) is 0 Å². The fourth-order valence-electron chi connectivity index (χ4n) is 1.64. The largest absolute Gasteiger partial charge is 0.478 e. The molecule has 0 saturated heterocycles. The summed E-state index contributed by atoms with van der Waals surface area (Å²) in [6.07, 6.45) is 0. The van der Waals surface area contributed by atoms with Gasteiger partial charge in [0.1, 0.15) is 5.03 Å². The van der Waals surface area contributed by atoms with Crippen LogP contribution in [0.4, 0.5) is 0 Å². The Balaban J connectivity index is 2.41. The van der Waals surface area contributed by atoms with Crippen molar-refractivity contribution in [3.05, 3.63) is 52.7 Å². The Labute approximate surface area is 127 Å². The minimum Gasteiger partial charge on any atom is -0.478 e. The summed E-state index contributed by atoms with van der Waals surface area (Å²) >= 11 is 7.48. The molecule has 0 unspecified atom stereocenters. The maximum atomic E-state index is 11.2. The molecule has 0 spiro atoms. The van der Waals surface area contributed by atoms with Gasteiger partial charge in [0.15, 0.2) is 0 Å². The van der Waals surface area contributed by atoms with E-state index < -0.39 is 5.97 Å². The minimum atomic E-state index is -0.949. The van der Waals surface area contributed by atoms with Crippen molar-refractivity contribution in [2.75, 3.05) is 0 Å². The molecular formula is C15H14ClNO2S. The summed E-state index contributed by atoms with van der Waals surface area (Å²) < 4.78 is 0. The predicted octanol–water partition coefficient (Wildman–Crippen LogP) is 4.71. The highest BCUT2D eigenvalue weighted by molar-refractivity contribution is 7.99. The Morgan fingerprint density at radius 1 is 1.30 bits per heavy atom. The van der Waals surface area contributed by atoms with Gasteiger partial charge in [-0.25, -0.2) is 9.78 Å². The standard InChI is InChI=1S/C15H14ClNO2S/c1-9(2)12-7-10(15(18)19)8-14(17-12)20-13-6-4-3-5-11(13)16/h3-9H,1-2H3,(H,18,19). The molecule has 0 aliphatic heterocycles. The zero-order valence-corrected chi connectivity index (χ0v) is 12.7. The number of carbonyl (C=O) groups is 1. The van der Waals surface area contributed by atoms with E-state index in [0.29, 0.717) is 10.0 Å². The number of benzene rings is 1. The maximum Gasteiger partial charge on any atom is 0.335 e. The Kier molecular flexibility index (Phi) is 4.68. The van der Waals surface area contributed by atoms with E-state index in [1.54, 1.807) is 18.2 Å². The first kappa shape index (κ1) is 14.9. The molecule has 2 aromatic rings. The molecule has 0 aliphatic rings. The summed E-state index contributed by atoms with van der Waals surface area (Å²) in [4.78, 5) is 16.5. The Hall–Kier alpha value is -1.52. The molecule has 1 N–H and O–H groups in total. The molecule has 0 fully saturated rings. The Morgan fingerprint density at radius 2 is 2.00 bits per heavy atom. The number of carboxylic acids is 1. The first-order valence-corrected chi connectivity index (χ1v) is 7.34. The van der Waals surface area contributed by atoms with Gasteiger partial charge in [-0.3, -0.25) is 0 Å². The van der Waals surface area contributed by atoms with Gasteiger partial charge < -0.3 is 5.11 Å². The van der Waals surface area contributed by atoms with Crippen LogP contribution in [0.1, 0.15) is 35.8 Å². The van der Waals surface area contributed by atoms with Crippen LogP contribution in [-0.4, -0.2) is 16.1 Å². The van der Waals surface area contributed by atoms with Gasteiger partial charge >= 0.3 is 5.97 Å². The lowest BCUT2D eigenvalue weighted by Crippen LogP contribution is -2.02. The zero-order chi connectivity index (χ0) is 14.7. The topological polar surface area (TPSA) is 50.2 Å². The van der Waals surface area contributed by atoms with Crippen molar-refractivity contribution in [2.24, 2.45) is 0 Å². The van der Waals surface area contributed by atoms with E-state index in [1.807, 2.05) is 32.0 Å². The molecule has 0 bridgehead atoms. The first-order chi connectivity index (χ1) is 9.47. The highest BCUT2D eigenvalue weighted by atomic mass is 35.5. The molecule has 20 heavy (non-hydrogen) atoms. The highest BCUT2D eigenvalue weighted by Crippen LogP contribution is 2.33. The van der Waals surface area contributed by atoms with E-state index in [4.69, 9.17) is 11.6 Å². The second-order valence-corrected chi connectivity index (χ2v) is 6.08. The molecule has 0 saturated carbocycles. The van der Waals surface area contributed by atoms with E-state index >= 15 is 0 Å². The minimum absolute atomic E-state index is 0.167. The Bertz CT molecular complexity index is 644. The summed E-state index contributed by atoms with van der Waals surface area (Å²) in [5, 5.41) is 10.4. The van der Waals surface area contributed by atoms with Crippen LogP contribution in [0.15, 0.2) is 46.3 Å². The summed E-state index contributed by atoms with van der Waals surface area (Å²) in [6, 6.07) is 10.6. The van der Waals surface area contributed by atoms with E-state index in [-0.39, 0.29) is 11.5 Å². The molecular weight excluding hydrogens is 294 g/mol. The maximum absolute atomic E-state index is 11.2. The SMILES string of the molecule is CC(C)c1cc(C(=O)O)cc(Sc2ccccc2Cl)n1. The molecule has 2 rings (SSSR count). The summed E-state index contributed by atoms with van der Waals surface area (Å²) in [7, 11) is 0. The van der Waals surface area contributed by atoms with Gasteiger partial charge in [0, 0.05) is 10.6 Å². The molecule has 0 amide bonds. The molecule has 1 heterocycles. The zero-order valence-electron chi connectivity index (χ0n) is 11.1. The quantitative estimate of drug-likeness (QED) is 0.889. The van der Waals surface area contributed by atoms with Crippen LogP contribution >= 0.6 is 23.4 Å². The third kappa shape index (κ3) is 3.52. The smallest absolute Gasteiger partial charge is 0.335 e.